The van der Waals surface area contributed by atoms with Gasteiger partial charge in [0.05, 0.1) is 13.0 Å². The summed E-state index contributed by atoms with van der Waals surface area (Å²) in [4.78, 5) is 11.4. The molecule has 0 aromatic carbocycles. The van der Waals surface area contributed by atoms with Crippen molar-refractivity contribution in [3.8, 4) is 0 Å². The monoisotopic (exact) mass is 216 g/mol. The first-order valence-corrected chi connectivity index (χ1v) is 5.15. The summed E-state index contributed by atoms with van der Waals surface area (Å²) in [5.74, 6) is -1.81. The van der Waals surface area contributed by atoms with Gasteiger partial charge in [-0.3, -0.25) is 4.79 Å². The normalized spacial score (nSPS) is 46.6. The number of rotatable bonds is 0. The number of ether oxygens (including phenoxy) is 2. The van der Waals surface area contributed by atoms with E-state index in [1.165, 1.54) is 6.92 Å². The first-order chi connectivity index (χ1) is 6.91. The van der Waals surface area contributed by atoms with Crippen molar-refractivity contribution in [3.05, 3.63) is 0 Å². The molecule has 3 atom stereocenters. The number of cyclic esters (lactones) is 1. The zero-order valence-electron chi connectivity index (χ0n) is 8.73. The van der Waals surface area contributed by atoms with E-state index >= 15 is 0 Å². The van der Waals surface area contributed by atoms with Crippen LogP contribution in [0.1, 0.15) is 32.6 Å². The van der Waals surface area contributed by atoms with Gasteiger partial charge in [0.1, 0.15) is 0 Å². The molecule has 5 heteroatoms. The van der Waals surface area contributed by atoms with E-state index in [9.17, 15) is 15.0 Å². The van der Waals surface area contributed by atoms with Crippen molar-refractivity contribution >= 4 is 5.97 Å². The van der Waals surface area contributed by atoms with Gasteiger partial charge in [-0.05, 0) is 11.8 Å². The summed E-state index contributed by atoms with van der Waals surface area (Å²) in [6, 6.07) is 0. The van der Waals surface area contributed by atoms with Crippen molar-refractivity contribution in [2.75, 3.05) is 6.61 Å². The summed E-state index contributed by atoms with van der Waals surface area (Å²) in [7, 11) is 0. The Morgan fingerprint density at radius 3 is 2.87 bits per heavy atom. The molecule has 0 aromatic heterocycles. The summed E-state index contributed by atoms with van der Waals surface area (Å²) in [6.45, 7) is 1.90. The molecule has 0 bridgehead atoms. The number of carbonyl (C=O) groups excluding carboxylic acids is 1. The Bertz CT molecular complexity index is 275. The fourth-order valence-electron chi connectivity index (χ4n) is 2.65. The molecule has 1 spiro atoms. The van der Waals surface area contributed by atoms with Gasteiger partial charge in [0.25, 0.3) is 0 Å². The molecule has 2 aliphatic rings. The van der Waals surface area contributed by atoms with Crippen LogP contribution in [-0.4, -0.2) is 34.9 Å². The second kappa shape index (κ2) is 3.43. The van der Waals surface area contributed by atoms with E-state index in [-0.39, 0.29) is 11.8 Å². The van der Waals surface area contributed by atoms with Crippen LogP contribution in [0.2, 0.25) is 0 Å². The third-order valence-corrected chi connectivity index (χ3v) is 3.11. The summed E-state index contributed by atoms with van der Waals surface area (Å²) >= 11 is 0. The van der Waals surface area contributed by atoms with Crippen LogP contribution >= 0.6 is 0 Å². The molecule has 2 fully saturated rings. The Kier molecular flexibility index (Phi) is 2.48. The Labute approximate surface area is 88.0 Å². The molecule has 15 heavy (non-hydrogen) atoms. The van der Waals surface area contributed by atoms with E-state index in [0.717, 1.165) is 0 Å². The molecule has 2 rings (SSSR count). The fraction of sp³-hybridized carbons (Fsp3) is 0.900. The van der Waals surface area contributed by atoms with Gasteiger partial charge in [-0.15, -0.1) is 0 Å². The van der Waals surface area contributed by atoms with E-state index in [1.807, 2.05) is 0 Å². The molecule has 86 valence electrons. The summed E-state index contributed by atoms with van der Waals surface area (Å²) < 4.78 is 9.86. The standard InChI is InChI=1S/C10H16O5/c1-9(13)6-10(5-8(12)15-9)2-3-14-7(11)4-10/h7,11,13H,2-6H2,1H3/t7?,9-,10?/m0/s1. The number of aliphatic hydroxyl groups is 2. The number of hydrogen-bond acceptors (Lipinski definition) is 5. The number of hydrogen-bond donors (Lipinski definition) is 2. The molecule has 0 saturated carbocycles. The van der Waals surface area contributed by atoms with Gasteiger partial charge in [0, 0.05) is 19.8 Å². The number of aliphatic hydroxyl groups excluding tert-OH is 1. The summed E-state index contributed by atoms with van der Waals surface area (Å²) in [5.41, 5.74) is -0.365. The Balaban J connectivity index is 2.16. The lowest BCUT2D eigenvalue weighted by molar-refractivity contribution is -0.252. The molecular formula is C10H16O5. The fourth-order valence-corrected chi connectivity index (χ4v) is 2.65. The van der Waals surface area contributed by atoms with Crippen LogP contribution in [0.3, 0.4) is 0 Å². The van der Waals surface area contributed by atoms with E-state index in [0.29, 0.717) is 25.9 Å². The summed E-state index contributed by atoms with van der Waals surface area (Å²) in [5, 5.41) is 19.2. The highest BCUT2D eigenvalue weighted by Gasteiger charge is 2.48. The van der Waals surface area contributed by atoms with Crippen LogP contribution in [0, 0.1) is 5.41 Å². The highest BCUT2D eigenvalue weighted by Crippen LogP contribution is 2.46. The third kappa shape index (κ3) is 2.30. The number of carbonyl (C=O) groups is 1. The van der Waals surface area contributed by atoms with Crippen LogP contribution in [0.5, 0.6) is 0 Å². The maximum atomic E-state index is 11.4. The van der Waals surface area contributed by atoms with Crippen LogP contribution in [0.25, 0.3) is 0 Å². The molecular weight excluding hydrogens is 200 g/mol. The van der Waals surface area contributed by atoms with E-state index in [1.54, 1.807) is 0 Å². The van der Waals surface area contributed by atoms with Crippen LogP contribution in [-0.2, 0) is 14.3 Å². The molecule has 2 N–H and O–H groups in total. The third-order valence-electron chi connectivity index (χ3n) is 3.11. The smallest absolute Gasteiger partial charge is 0.308 e. The van der Waals surface area contributed by atoms with Gasteiger partial charge < -0.3 is 19.7 Å². The zero-order chi connectivity index (χ0) is 11.1. The quantitative estimate of drug-likeness (QED) is 0.563. The van der Waals surface area contributed by atoms with Crippen LogP contribution in [0.4, 0.5) is 0 Å². The molecule has 0 radical (unpaired) electrons. The lowest BCUT2D eigenvalue weighted by Gasteiger charge is -2.45. The first kappa shape index (κ1) is 10.9. The minimum atomic E-state index is -1.41. The maximum Gasteiger partial charge on any atom is 0.308 e. The number of esters is 1. The van der Waals surface area contributed by atoms with Crippen LogP contribution < -0.4 is 0 Å². The predicted octanol–water partition coefficient (Wildman–Crippen LogP) is 0.147. The average molecular weight is 216 g/mol. The molecule has 0 aromatic rings. The second-order valence-electron chi connectivity index (χ2n) is 4.78. The highest BCUT2D eigenvalue weighted by molar-refractivity contribution is 5.71. The van der Waals surface area contributed by atoms with Gasteiger partial charge >= 0.3 is 5.97 Å². The Morgan fingerprint density at radius 1 is 1.53 bits per heavy atom. The summed E-state index contributed by atoms with van der Waals surface area (Å²) in [6.07, 6.45) is 0.851. The van der Waals surface area contributed by atoms with Gasteiger partial charge in [-0.25, -0.2) is 0 Å². The van der Waals surface area contributed by atoms with Crippen molar-refractivity contribution in [1.29, 1.82) is 0 Å². The molecule has 0 aliphatic carbocycles. The molecule has 5 nitrogen and oxygen atoms in total. The molecule has 2 heterocycles. The van der Waals surface area contributed by atoms with Gasteiger partial charge in [0.2, 0.25) is 5.79 Å². The average Bonchev–Trinajstić information content (AvgIpc) is 1.97. The predicted molar refractivity (Wildman–Crippen MR) is 49.6 cm³/mol. The minimum absolute atomic E-state index is 0.254. The van der Waals surface area contributed by atoms with E-state index in [2.05, 4.69) is 0 Å². The first-order valence-electron chi connectivity index (χ1n) is 5.15. The zero-order valence-corrected chi connectivity index (χ0v) is 8.73. The van der Waals surface area contributed by atoms with Crippen molar-refractivity contribution in [1.82, 2.24) is 0 Å². The second-order valence-corrected chi connectivity index (χ2v) is 4.78. The molecule has 2 unspecified atom stereocenters. The van der Waals surface area contributed by atoms with E-state index < -0.39 is 18.0 Å². The van der Waals surface area contributed by atoms with Gasteiger partial charge in [0.15, 0.2) is 6.29 Å². The van der Waals surface area contributed by atoms with E-state index in [4.69, 9.17) is 9.47 Å². The maximum absolute atomic E-state index is 11.4. The lowest BCUT2D eigenvalue weighted by Crippen LogP contribution is -2.49. The SMILES string of the molecule is C[C@@]1(O)CC2(CCOC(O)C2)CC(=O)O1. The lowest BCUT2D eigenvalue weighted by atomic mass is 9.71. The van der Waals surface area contributed by atoms with Crippen molar-refractivity contribution in [3.63, 3.8) is 0 Å². The topological polar surface area (TPSA) is 76.0 Å². The Hall–Kier alpha value is -0.650. The van der Waals surface area contributed by atoms with Crippen LogP contribution in [0.15, 0.2) is 0 Å². The molecule has 0 amide bonds. The molecule has 2 saturated heterocycles. The highest BCUT2D eigenvalue weighted by atomic mass is 16.7. The van der Waals surface area contributed by atoms with Crippen molar-refractivity contribution in [2.45, 2.75) is 44.7 Å². The van der Waals surface area contributed by atoms with Gasteiger partial charge in [-0.1, -0.05) is 0 Å². The van der Waals surface area contributed by atoms with Crippen molar-refractivity contribution < 1.29 is 24.5 Å². The van der Waals surface area contributed by atoms with Gasteiger partial charge in [-0.2, -0.15) is 0 Å². The minimum Gasteiger partial charge on any atom is -0.434 e. The van der Waals surface area contributed by atoms with Crippen molar-refractivity contribution in [2.24, 2.45) is 5.41 Å². The molecule has 2 aliphatic heterocycles. The largest absolute Gasteiger partial charge is 0.434 e. The Morgan fingerprint density at radius 2 is 2.27 bits per heavy atom.